The van der Waals surface area contributed by atoms with Crippen LogP contribution in [-0.2, 0) is 0 Å². The summed E-state index contributed by atoms with van der Waals surface area (Å²) in [5, 5.41) is 2.87. The zero-order valence-electron chi connectivity index (χ0n) is 13.4. The second-order valence-electron chi connectivity index (χ2n) is 5.64. The zero-order valence-corrected chi connectivity index (χ0v) is 13.4. The molecule has 0 unspecified atom stereocenters. The van der Waals surface area contributed by atoms with Gasteiger partial charge in [0.1, 0.15) is 0 Å². The highest BCUT2D eigenvalue weighted by molar-refractivity contribution is 6.04. The first-order valence-electron chi connectivity index (χ1n) is 7.98. The predicted octanol–water partition coefficient (Wildman–Crippen LogP) is 4.55. The lowest BCUT2D eigenvalue weighted by Crippen LogP contribution is -2.11. The molecule has 4 rings (SSSR count). The fraction of sp³-hybridized carbons (Fsp3) is 0. The maximum atomic E-state index is 12.3. The van der Waals surface area contributed by atoms with Crippen LogP contribution in [-0.4, -0.2) is 15.9 Å². The van der Waals surface area contributed by atoms with E-state index in [0.717, 1.165) is 28.0 Å². The lowest BCUT2D eigenvalue weighted by molar-refractivity contribution is 0.102. The van der Waals surface area contributed by atoms with Crippen LogP contribution < -0.4 is 5.32 Å². The van der Waals surface area contributed by atoms with Gasteiger partial charge >= 0.3 is 0 Å². The van der Waals surface area contributed by atoms with Crippen LogP contribution in [0.1, 0.15) is 10.4 Å². The average molecular weight is 325 g/mol. The molecule has 0 saturated carbocycles. The van der Waals surface area contributed by atoms with E-state index in [4.69, 9.17) is 0 Å². The van der Waals surface area contributed by atoms with Gasteiger partial charge in [-0.05, 0) is 36.4 Å². The zero-order chi connectivity index (χ0) is 17.1. The van der Waals surface area contributed by atoms with Crippen LogP contribution in [0.3, 0.4) is 0 Å². The van der Waals surface area contributed by atoms with Gasteiger partial charge in [0, 0.05) is 16.8 Å². The summed E-state index contributed by atoms with van der Waals surface area (Å²) in [7, 11) is 0. The normalized spacial score (nSPS) is 10.6. The molecule has 1 heterocycles. The van der Waals surface area contributed by atoms with E-state index in [1.807, 2.05) is 66.7 Å². The molecule has 1 aromatic heterocycles. The smallest absolute Gasteiger partial charge is 0.255 e. The van der Waals surface area contributed by atoms with Gasteiger partial charge in [-0.15, -0.1) is 0 Å². The van der Waals surface area contributed by atoms with Gasteiger partial charge in [0.2, 0.25) is 0 Å². The Labute approximate surface area is 145 Å². The maximum Gasteiger partial charge on any atom is 0.255 e. The number of para-hydroxylation sites is 3. The van der Waals surface area contributed by atoms with Crippen LogP contribution in [0, 0.1) is 0 Å². The Morgan fingerprint density at radius 2 is 1.44 bits per heavy atom. The third-order valence-corrected chi connectivity index (χ3v) is 3.92. The number of benzene rings is 3. The van der Waals surface area contributed by atoms with Crippen LogP contribution >= 0.6 is 0 Å². The molecule has 1 N–H and O–H groups in total. The van der Waals surface area contributed by atoms with Gasteiger partial charge in [-0.3, -0.25) is 9.78 Å². The molecule has 0 fully saturated rings. The van der Waals surface area contributed by atoms with Crippen molar-refractivity contribution >= 4 is 22.6 Å². The molecule has 0 aliphatic carbocycles. The minimum absolute atomic E-state index is 0.137. The standard InChI is InChI=1S/C21H15N3O/c25-21(23-17-6-2-1-3-7-17)16-12-10-15(11-13-16)20-14-22-18-8-4-5-9-19(18)24-20/h1-14H,(H,23,25). The molecule has 1 amide bonds. The maximum absolute atomic E-state index is 12.3. The predicted molar refractivity (Wildman–Crippen MR) is 99.4 cm³/mol. The SMILES string of the molecule is O=C(Nc1ccccc1)c1ccc(-c2cnc3ccccc3n2)cc1. The van der Waals surface area contributed by atoms with Crippen LogP contribution in [0.5, 0.6) is 0 Å². The molecule has 0 aliphatic heterocycles. The highest BCUT2D eigenvalue weighted by Crippen LogP contribution is 2.20. The minimum atomic E-state index is -0.137. The Balaban J connectivity index is 1.57. The number of nitrogens with zero attached hydrogens (tertiary/aromatic N) is 2. The first-order chi connectivity index (χ1) is 12.3. The van der Waals surface area contributed by atoms with Crippen LogP contribution in [0.4, 0.5) is 5.69 Å². The van der Waals surface area contributed by atoms with Gasteiger partial charge in [-0.2, -0.15) is 0 Å². The van der Waals surface area contributed by atoms with Crippen molar-refractivity contribution in [3.8, 4) is 11.3 Å². The number of aromatic nitrogens is 2. The summed E-state index contributed by atoms with van der Waals surface area (Å²) in [4.78, 5) is 21.4. The molecule has 0 spiro atoms. The van der Waals surface area contributed by atoms with Crippen molar-refractivity contribution in [2.24, 2.45) is 0 Å². The first-order valence-corrected chi connectivity index (χ1v) is 7.98. The fourth-order valence-electron chi connectivity index (χ4n) is 2.61. The van der Waals surface area contributed by atoms with Crippen LogP contribution in [0.15, 0.2) is 85.1 Å². The number of hydrogen-bond acceptors (Lipinski definition) is 3. The molecule has 0 bridgehead atoms. The monoisotopic (exact) mass is 325 g/mol. The Hall–Kier alpha value is -3.53. The molecule has 0 atom stereocenters. The van der Waals surface area contributed by atoms with E-state index in [1.165, 1.54) is 0 Å². The van der Waals surface area contributed by atoms with Crippen molar-refractivity contribution in [1.82, 2.24) is 9.97 Å². The van der Waals surface area contributed by atoms with E-state index in [9.17, 15) is 4.79 Å². The van der Waals surface area contributed by atoms with Crippen molar-refractivity contribution in [3.05, 3.63) is 90.6 Å². The van der Waals surface area contributed by atoms with Crippen molar-refractivity contribution in [2.75, 3.05) is 5.32 Å². The molecule has 0 saturated heterocycles. The number of rotatable bonds is 3. The Bertz CT molecular complexity index is 1030. The summed E-state index contributed by atoms with van der Waals surface area (Å²) in [5.74, 6) is -0.137. The number of nitrogens with one attached hydrogen (secondary N) is 1. The summed E-state index contributed by atoms with van der Waals surface area (Å²) >= 11 is 0. The topological polar surface area (TPSA) is 54.9 Å². The molecule has 0 aliphatic rings. The number of carbonyl (C=O) groups is 1. The summed E-state index contributed by atoms with van der Waals surface area (Å²) in [6, 6.07) is 24.5. The van der Waals surface area contributed by atoms with Crippen molar-refractivity contribution in [3.63, 3.8) is 0 Å². The van der Waals surface area contributed by atoms with Crippen molar-refractivity contribution in [1.29, 1.82) is 0 Å². The average Bonchev–Trinajstić information content (AvgIpc) is 2.68. The van der Waals surface area contributed by atoms with Gasteiger partial charge in [0.05, 0.1) is 22.9 Å². The quantitative estimate of drug-likeness (QED) is 0.601. The molecule has 3 aromatic carbocycles. The summed E-state index contributed by atoms with van der Waals surface area (Å²) in [6.45, 7) is 0. The number of anilines is 1. The van der Waals surface area contributed by atoms with E-state index >= 15 is 0 Å². The summed E-state index contributed by atoms with van der Waals surface area (Å²) < 4.78 is 0. The third-order valence-electron chi connectivity index (χ3n) is 3.92. The molecule has 4 nitrogen and oxygen atoms in total. The highest BCUT2D eigenvalue weighted by atomic mass is 16.1. The molecular formula is C21H15N3O. The first kappa shape index (κ1) is 15.0. The second-order valence-corrected chi connectivity index (χ2v) is 5.64. The molecular weight excluding hydrogens is 310 g/mol. The van der Waals surface area contributed by atoms with E-state index in [2.05, 4.69) is 15.3 Å². The number of carbonyl (C=O) groups excluding carboxylic acids is 1. The number of amides is 1. The van der Waals surface area contributed by atoms with Gasteiger partial charge < -0.3 is 5.32 Å². The lowest BCUT2D eigenvalue weighted by Gasteiger charge is -2.06. The molecule has 120 valence electrons. The Morgan fingerprint density at radius 1 is 0.760 bits per heavy atom. The molecule has 4 aromatic rings. The Kier molecular flexibility index (Phi) is 3.92. The van der Waals surface area contributed by atoms with E-state index in [0.29, 0.717) is 5.56 Å². The Morgan fingerprint density at radius 3 is 2.20 bits per heavy atom. The van der Waals surface area contributed by atoms with Gasteiger partial charge in [0.25, 0.3) is 5.91 Å². The fourth-order valence-corrected chi connectivity index (χ4v) is 2.61. The second kappa shape index (κ2) is 6.53. The van der Waals surface area contributed by atoms with Crippen LogP contribution in [0.2, 0.25) is 0 Å². The molecule has 25 heavy (non-hydrogen) atoms. The van der Waals surface area contributed by atoms with Gasteiger partial charge in [0.15, 0.2) is 0 Å². The third kappa shape index (κ3) is 3.23. The van der Waals surface area contributed by atoms with Crippen molar-refractivity contribution < 1.29 is 4.79 Å². The van der Waals surface area contributed by atoms with E-state index in [-0.39, 0.29) is 5.91 Å². The van der Waals surface area contributed by atoms with E-state index < -0.39 is 0 Å². The lowest BCUT2D eigenvalue weighted by atomic mass is 10.1. The minimum Gasteiger partial charge on any atom is -0.322 e. The van der Waals surface area contributed by atoms with Crippen molar-refractivity contribution in [2.45, 2.75) is 0 Å². The number of fused-ring (bicyclic) bond motifs is 1. The van der Waals surface area contributed by atoms with Crippen LogP contribution in [0.25, 0.3) is 22.3 Å². The van der Waals surface area contributed by atoms with Gasteiger partial charge in [-0.25, -0.2) is 4.98 Å². The van der Waals surface area contributed by atoms with E-state index in [1.54, 1.807) is 18.3 Å². The summed E-state index contributed by atoms with van der Waals surface area (Å²) in [5.41, 5.74) is 4.80. The highest BCUT2D eigenvalue weighted by Gasteiger charge is 2.07. The summed E-state index contributed by atoms with van der Waals surface area (Å²) in [6.07, 6.45) is 1.75. The largest absolute Gasteiger partial charge is 0.322 e. The number of hydrogen-bond donors (Lipinski definition) is 1. The molecule has 4 heteroatoms. The van der Waals surface area contributed by atoms with Gasteiger partial charge in [-0.1, -0.05) is 42.5 Å². The molecule has 0 radical (unpaired) electrons.